The third kappa shape index (κ3) is 11.1. The summed E-state index contributed by atoms with van der Waals surface area (Å²) in [6.45, 7) is 2.94. The molecule has 0 saturated heterocycles. The molecule has 8 aliphatic rings. The van der Waals surface area contributed by atoms with Crippen LogP contribution in [0.1, 0.15) is 79.2 Å². The normalized spacial score (nSPS) is 39.5. The van der Waals surface area contributed by atoms with E-state index in [2.05, 4.69) is 0 Å². The van der Waals surface area contributed by atoms with E-state index in [1.54, 1.807) is 0 Å². The summed E-state index contributed by atoms with van der Waals surface area (Å²) in [7, 11) is 0. The molecule has 0 aromatic heterocycles. The maximum absolute atomic E-state index is 17.2. The number of thioether (sulfide) groups is 2. The summed E-state index contributed by atoms with van der Waals surface area (Å²) in [6, 6.07) is 12.5. The highest BCUT2D eigenvalue weighted by molar-refractivity contribution is 8.06. The van der Waals surface area contributed by atoms with Crippen molar-refractivity contribution in [2.75, 3.05) is 0 Å². The van der Waals surface area contributed by atoms with E-state index in [1.165, 1.54) is 26.0 Å². The molecular formula is C65H66F6O28S2. The summed E-state index contributed by atoms with van der Waals surface area (Å²) in [5.41, 5.74) is -8.84. The minimum atomic E-state index is -6.13. The van der Waals surface area contributed by atoms with E-state index in [4.69, 9.17) is 18.9 Å². The molecule has 101 heavy (non-hydrogen) atoms. The zero-order chi connectivity index (χ0) is 74.0. The molecular weight excluding hydrogens is 1410 g/mol. The molecule has 0 radical (unpaired) electrons. The second-order valence-electron chi connectivity index (χ2n) is 26.1. The highest BCUT2D eigenvalue weighted by Crippen LogP contribution is 2.80. The number of hydrogen-bond acceptors (Lipinski definition) is 30. The largest absolute Gasteiger partial charge is 0.453 e. The number of hydrogen-bond donors (Lipinski definition) is 20. The van der Waals surface area contributed by atoms with Crippen LogP contribution in [-0.2, 0) is 18.9 Å². The predicted octanol–water partition coefficient (Wildman–Crippen LogP) is -2.96. The minimum Gasteiger partial charge on any atom is -0.453 e. The van der Waals surface area contributed by atoms with Crippen LogP contribution in [0.4, 0.5) is 26.3 Å². The van der Waals surface area contributed by atoms with E-state index in [0.29, 0.717) is 0 Å². The van der Waals surface area contributed by atoms with Crippen molar-refractivity contribution in [3.05, 3.63) is 117 Å². The van der Waals surface area contributed by atoms with E-state index in [-0.39, 0.29) is 56.0 Å². The Balaban J connectivity index is 0.969. The van der Waals surface area contributed by atoms with E-state index in [1.807, 2.05) is 0 Å². The SMILES string of the molecule is CCC12Sc3cc(-c4cc(C(=O)OC5[C@@H](O)[C@H](O)C(O)[C@H](O)[C@H]5O)cc(C(=O)OC5[C@@H](O)[C@H](O)C(O)[C@H](O)[C@H]5O)c4)ccc3C1=C1C(=C3c4ccc(-c5cc(C(=O)OC6[C@@H](O)[C@H](O)C(O)[C@H](O)[C@H]6O)cc(C(=O)OC6[C@@H](O)[C@H](O)C(O)[C@H](O)[C@H]6O)c5)cc4SC32CC)C(F)(F)C(F)(F)C1(F)F. The van der Waals surface area contributed by atoms with Crippen LogP contribution >= 0.6 is 23.5 Å². The van der Waals surface area contributed by atoms with Gasteiger partial charge in [0.15, 0.2) is 24.4 Å². The Morgan fingerprint density at radius 1 is 0.317 bits per heavy atom. The Labute approximate surface area is 572 Å². The first-order valence-electron chi connectivity index (χ1n) is 31.3. The fourth-order valence-electron chi connectivity index (χ4n) is 14.8. The first-order valence-corrected chi connectivity index (χ1v) is 32.9. The number of ether oxygens (including phenoxy) is 4. The van der Waals surface area contributed by atoms with Crippen LogP contribution < -0.4 is 0 Å². The van der Waals surface area contributed by atoms with Gasteiger partial charge in [0.05, 0.1) is 31.7 Å². The summed E-state index contributed by atoms with van der Waals surface area (Å²) in [5.74, 6) is -23.6. The van der Waals surface area contributed by atoms with Gasteiger partial charge in [0.25, 0.3) is 0 Å². The second kappa shape index (κ2) is 26.1. The summed E-state index contributed by atoms with van der Waals surface area (Å²) in [6.07, 6.45) is -54.0. The van der Waals surface area contributed by atoms with Gasteiger partial charge in [-0.2, -0.15) is 26.3 Å². The van der Waals surface area contributed by atoms with Gasteiger partial charge in [0.2, 0.25) is 0 Å². The Morgan fingerprint density at radius 3 is 0.752 bits per heavy atom. The Morgan fingerprint density at radius 2 is 0.535 bits per heavy atom. The molecule has 0 bridgehead atoms. The Kier molecular flexibility index (Phi) is 19.2. The van der Waals surface area contributed by atoms with Gasteiger partial charge < -0.3 is 121 Å². The quantitative estimate of drug-likeness (QED) is 0.0383. The number of benzene rings is 4. The molecule has 20 N–H and O–H groups in total. The highest BCUT2D eigenvalue weighted by Gasteiger charge is 2.85. The van der Waals surface area contributed by atoms with Crippen molar-refractivity contribution in [3.8, 4) is 22.3 Å². The average Bonchev–Trinajstić information content (AvgIpc) is 1.47. The van der Waals surface area contributed by atoms with E-state index >= 15 is 26.3 Å². The number of rotatable bonds is 12. The minimum absolute atomic E-state index is 0.0704. The summed E-state index contributed by atoms with van der Waals surface area (Å²) in [4.78, 5) is 56.5. The number of halogens is 6. The Bertz CT molecular complexity index is 3630. The predicted molar refractivity (Wildman–Crippen MR) is 327 cm³/mol. The van der Waals surface area contributed by atoms with Gasteiger partial charge in [-0.05, 0) is 106 Å². The van der Waals surface area contributed by atoms with Crippen LogP contribution in [0.5, 0.6) is 0 Å². The number of alkyl halides is 6. The van der Waals surface area contributed by atoms with Gasteiger partial charge in [-0.3, -0.25) is 0 Å². The third-order valence-corrected chi connectivity index (χ3v) is 24.1. The first-order chi connectivity index (χ1) is 47.2. The van der Waals surface area contributed by atoms with Crippen LogP contribution in [0.3, 0.4) is 0 Å². The molecule has 28 nitrogen and oxygen atoms in total. The zero-order valence-corrected chi connectivity index (χ0v) is 53.6. The summed E-state index contributed by atoms with van der Waals surface area (Å²) in [5, 5.41) is 210. The molecule has 12 rings (SSSR count). The molecule has 4 aromatic carbocycles. The van der Waals surface area contributed by atoms with Crippen LogP contribution in [-0.4, -0.2) is 300 Å². The first kappa shape index (κ1) is 74.4. The van der Waals surface area contributed by atoms with Gasteiger partial charge in [-0.15, -0.1) is 23.5 Å². The van der Waals surface area contributed by atoms with Crippen molar-refractivity contribution in [2.24, 2.45) is 0 Å². The molecule has 2 aliphatic heterocycles. The summed E-state index contributed by atoms with van der Waals surface area (Å²) >= 11 is 1.55. The molecule has 0 amide bonds. The molecule has 26 atom stereocenters. The van der Waals surface area contributed by atoms with Crippen LogP contribution in [0, 0.1) is 0 Å². The number of fused-ring (bicyclic) bond motifs is 8. The second-order valence-corrected chi connectivity index (χ2v) is 28.8. The van der Waals surface area contributed by atoms with Crippen molar-refractivity contribution in [1.29, 1.82) is 0 Å². The fourth-order valence-corrected chi connectivity index (χ4v) is 18.4. The molecule has 548 valence electrons. The standard InChI is InChI=1S/C65H66F6O28S2/c1-3-61-29(25-7-5-17(15-27(25)100-61)19-9-21(57(92)96-53-45(84)37(76)33(72)38(77)46(53)85)13-22(10-19)58(93)97-54-47(86)39(78)34(73)40(79)48(54)87)31-32(64(68,69)65(70,71)63(31,66)67)30-26-8-6-18(16-28(26)101-62(30,61)4-2)20-11-23(59(94)98-55-49(88)41(80)35(74)42(81)50(55)89)14-24(12-20)60(95)99-56-51(90)43(82)36(75)44(83)52(56)91/h5-16,33-56,72-91H,3-4H2,1-2H3/t33?,34?,35?,36?,37-,38+,39-,40+,41-,42+,43-,44+,45+,46-,47+,48-,49+,50-,51+,52-,53?,54?,55?,56?,61?,62?. The van der Waals surface area contributed by atoms with Crippen molar-refractivity contribution in [2.45, 2.75) is 210 Å². The van der Waals surface area contributed by atoms with Gasteiger partial charge in [0.1, 0.15) is 122 Å². The lowest BCUT2D eigenvalue weighted by Crippen LogP contribution is -2.64. The number of allylic oxidation sites excluding steroid dienone is 2. The maximum Gasteiger partial charge on any atom is 0.380 e. The van der Waals surface area contributed by atoms with Crippen LogP contribution in [0.2, 0.25) is 0 Å². The van der Waals surface area contributed by atoms with Gasteiger partial charge in [-0.25, -0.2) is 19.2 Å². The zero-order valence-electron chi connectivity index (χ0n) is 52.0. The molecule has 5 saturated carbocycles. The highest BCUT2D eigenvalue weighted by atomic mass is 32.2. The topological polar surface area (TPSA) is 510 Å². The summed E-state index contributed by atoms with van der Waals surface area (Å²) < 4.78 is 119. The van der Waals surface area contributed by atoms with Gasteiger partial charge in [-0.1, -0.05) is 38.1 Å². The molecule has 5 fully saturated rings. The fraction of sp³-hybridized carbons (Fsp3) is 0.508. The average molecular weight is 1470 g/mol. The van der Waals surface area contributed by atoms with E-state index in [0.717, 1.165) is 84.2 Å². The van der Waals surface area contributed by atoms with E-state index in [9.17, 15) is 121 Å². The number of carbonyl (C=O) groups is 4. The molecule has 10 unspecified atom stereocenters. The lowest BCUT2D eigenvalue weighted by atomic mass is 9.65. The molecule has 0 spiro atoms. The number of aliphatic hydroxyl groups is 20. The van der Waals surface area contributed by atoms with Gasteiger partial charge in [0, 0.05) is 20.9 Å². The van der Waals surface area contributed by atoms with Gasteiger partial charge >= 0.3 is 41.6 Å². The maximum atomic E-state index is 17.2. The molecule has 36 heteroatoms. The van der Waals surface area contributed by atoms with Crippen molar-refractivity contribution in [1.82, 2.24) is 0 Å². The number of aliphatic hydroxyl groups excluding tert-OH is 20. The third-order valence-electron chi connectivity index (χ3n) is 20.4. The monoisotopic (exact) mass is 1470 g/mol. The smallest absolute Gasteiger partial charge is 0.380 e. The van der Waals surface area contributed by atoms with Crippen LogP contribution in [0.25, 0.3) is 33.4 Å². The molecule has 2 heterocycles. The van der Waals surface area contributed by atoms with Crippen molar-refractivity contribution < 1.29 is 167 Å². The Hall–Kier alpha value is -6.28. The lowest BCUT2D eigenvalue weighted by molar-refractivity contribution is -0.257. The number of esters is 4. The lowest BCUT2D eigenvalue weighted by Gasteiger charge is -2.50. The molecule has 6 aliphatic carbocycles. The van der Waals surface area contributed by atoms with Crippen LogP contribution in [0.15, 0.2) is 93.7 Å². The number of carbonyl (C=O) groups excluding carboxylic acids is 4. The van der Waals surface area contributed by atoms with Crippen molar-refractivity contribution >= 4 is 58.5 Å². The molecule has 4 aromatic rings. The van der Waals surface area contributed by atoms with Crippen molar-refractivity contribution in [3.63, 3.8) is 0 Å². The van der Waals surface area contributed by atoms with E-state index < -0.39 is 242 Å².